The summed E-state index contributed by atoms with van der Waals surface area (Å²) in [6.45, 7) is 2.13. The molecule has 0 spiro atoms. The van der Waals surface area contributed by atoms with Crippen LogP contribution in [0.3, 0.4) is 0 Å². The van der Waals surface area contributed by atoms with Gasteiger partial charge < -0.3 is 14.7 Å². The standard InChI is InChI=1S/C14H24N2O4S/c1-11(16(2)3)10-15-21(18,19)14-6-5-13(20-4)9-12(14)7-8-17/h5-6,9,11,15,17H,7-8,10H2,1-4H3. The Morgan fingerprint density at radius 1 is 1.38 bits per heavy atom. The van der Waals surface area contributed by atoms with Crippen LogP contribution in [0.5, 0.6) is 5.75 Å². The van der Waals surface area contributed by atoms with Crippen molar-refractivity contribution in [2.75, 3.05) is 34.4 Å². The second kappa shape index (κ2) is 7.74. The minimum Gasteiger partial charge on any atom is -0.497 e. The highest BCUT2D eigenvalue weighted by Crippen LogP contribution is 2.22. The zero-order chi connectivity index (χ0) is 16.0. The van der Waals surface area contributed by atoms with Crippen LogP contribution in [-0.4, -0.2) is 58.8 Å². The molecule has 1 unspecified atom stereocenters. The van der Waals surface area contributed by atoms with Crippen molar-refractivity contribution in [1.29, 1.82) is 0 Å². The summed E-state index contributed by atoms with van der Waals surface area (Å²) >= 11 is 0. The van der Waals surface area contributed by atoms with Crippen molar-refractivity contribution in [3.8, 4) is 5.75 Å². The second-order valence-corrected chi connectivity index (χ2v) is 6.85. The maximum Gasteiger partial charge on any atom is 0.240 e. The number of sulfonamides is 1. The molecule has 1 aromatic carbocycles. The Balaban J connectivity index is 3.01. The molecule has 0 aromatic heterocycles. The molecule has 0 heterocycles. The lowest BCUT2D eigenvalue weighted by Crippen LogP contribution is -2.38. The molecule has 0 aliphatic rings. The molecule has 2 N–H and O–H groups in total. The van der Waals surface area contributed by atoms with Crippen molar-refractivity contribution in [3.63, 3.8) is 0 Å². The van der Waals surface area contributed by atoms with Gasteiger partial charge in [0, 0.05) is 19.2 Å². The summed E-state index contributed by atoms with van der Waals surface area (Å²) in [5.74, 6) is 0.569. The molecule has 0 radical (unpaired) electrons. The summed E-state index contributed by atoms with van der Waals surface area (Å²) in [7, 11) is 1.69. The minimum atomic E-state index is -3.61. The van der Waals surface area contributed by atoms with E-state index < -0.39 is 10.0 Å². The van der Waals surface area contributed by atoms with Crippen LogP contribution in [0, 0.1) is 0 Å². The van der Waals surface area contributed by atoms with Crippen molar-refractivity contribution in [1.82, 2.24) is 9.62 Å². The highest BCUT2D eigenvalue weighted by atomic mass is 32.2. The van der Waals surface area contributed by atoms with Crippen molar-refractivity contribution >= 4 is 10.0 Å². The van der Waals surface area contributed by atoms with E-state index in [9.17, 15) is 8.42 Å². The lowest BCUT2D eigenvalue weighted by Gasteiger charge is -2.20. The Labute approximate surface area is 126 Å². The first-order chi connectivity index (χ1) is 9.81. The van der Waals surface area contributed by atoms with Gasteiger partial charge in [-0.3, -0.25) is 0 Å². The number of aliphatic hydroxyl groups is 1. The van der Waals surface area contributed by atoms with Crippen LogP contribution >= 0.6 is 0 Å². The molecule has 0 bridgehead atoms. The molecule has 0 saturated carbocycles. The number of nitrogens with one attached hydrogen (secondary N) is 1. The molecule has 0 aliphatic carbocycles. The first-order valence-electron chi connectivity index (χ1n) is 6.75. The van der Waals surface area contributed by atoms with E-state index in [2.05, 4.69) is 4.72 Å². The van der Waals surface area contributed by atoms with Gasteiger partial charge in [-0.15, -0.1) is 0 Å². The van der Waals surface area contributed by atoms with Crippen LogP contribution in [-0.2, 0) is 16.4 Å². The maximum absolute atomic E-state index is 12.4. The van der Waals surface area contributed by atoms with E-state index >= 15 is 0 Å². The molecule has 1 atom stereocenters. The second-order valence-electron chi connectivity index (χ2n) is 5.11. The molecule has 1 rings (SSSR count). The molecule has 120 valence electrons. The third kappa shape index (κ3) is 4.96. The summed E-state index contributed by atoms with van der Waals surface area (Å²) in [6, 6.07) is 4.83. The van der Waals surface area contributed by atoms with E-state index in [4.69, 9.17) is 9.84 Å². The largest absolute Gasteiger partial charge is 0.497 e. The summed E-state index contributed by atoms with van der Waals surface area (Å²) in [5.41, 5.74) is 0.543. The van der Waals surface area contributed by atoms with E-state index in [1.54, 1.807) is 12.1 Å². The van der Waals surface area contributed by atoms with Gasteiger partial charge in [-0.2, -0.15) is 0 Å². The fraction of sp³-hybridized carbons (Fsp3) is 0.571. The Morgan fingerprint density at radius 2 is 2.05 bits per heavy atom. The van der Waals surface area contributed by atoms with Crippen LogP contribution < -0.4 is 9.46 Å². The summed E-state index contributed by atoms with van der Waals surface area (Å²) < 4.78 is 32.5. The number of methoxy groups -OCH3 is 1. The van der Waals surface area contributed by atoms with Gasteiger partial charge in [-0.25, -0.2) is 13.1 Å². The Kier molecular flexibility index (Phi) is 6.60. The number of hydrogen-bond donors (Lipinski definition) is 2. The Bertz CT molecular complexity index is 558. The molecule has 0 amide bonds. The van der Waals surface area contributed by atoms with Gasteiger partial charge in [0.1, 0.15) is 5.75 Å². The van der Waals surface area contributed by atoms with Crippen LogP contribution in [0.2, 0.25) is 0 Å². The van der Waals surface area contributed by atoms with Gasteiger partial charge in [0.2, 0.25) is 10.0 Å². The molecule has 0 saturated heterocycles. The number of aliphatic hydroxyl groups excluding tert-OH is 1. The average molecular weight is 316 g/mol. The van der Waals surface area contributed by atoms with E-state index in [0.717, 1.165) is 0 Å². The van der Waals surface area contributed by atoms with Gasteiger partial charge >= 0.3 is 0 Å². The lowest BCUT2D eigenvalue weighted by atomic mass is 10.1. The summed E-state index contributed by atoms with van der Waals surface area (Å²) in [6.07, 6.45) is 0.261. The van der Waals surface area contributed by atoms with E-state index in [1.165, 1.54) is 13.2 Å². The third-order valence-corrected chi connectivity index (χ3v) is 4.91. The molecular weight excluding hydrogens is 292 g/mol. The van der Waals surface area contributed by atoms with Crippen molar-refractivity contribution in [3.05, 3.63) is 23.8 Å². The average Bonchev–Trinajstić information content (AvgIpc) is 2.44. The first-order valence-corrected chi connectivity index (χ1v) is 8.24. The lowest BCUT2D eigenvalue weighted by molar-refractivity contribution is 0.298. The minimum absolute atomic E-state index is 0.0827. The molecule has 0 fully saturated rings. The molecule has 0 aliphatic heterocycles. The van der Waals surface area contributed by atoms with Crippen LogP contribution in [0.15, 0.2) is 23.1 Å². The van der Waals surface area contributed by atoms with Gasteiger partial charge in [-0.1, -0.05) is 0 Å². The normalized spacial score (nSPS) is 13.4. The van der Waals surface area contributed by atoms with Crippen molar-refractivity contribution in [2.45, 2.75) is 24.3 Å². The molecule has 21 heavy (non-hydrogen) atoms. The number of benzene rings is 1. The SMILES string of the molecule is COc1ccc(S(=O)(=O)NCC(C)N(C)C)c(CCO)c1. The molecule has 7 heteroatoms. The van der Waals surface area contributed by atoms with Gasteiger partial charge in [0.05, 0.1) is 12.0 Å². The topological polar surface area (TPSA) is 78.9 Å². The van der Waals surface area contributed by atoms with Gasteiger partial charge in [-0.05, 0) is 51.2 Å². The highest BCUT2D eigenvalue weighted by molar-refractivity contribution is 7.89. The first kappa shape index (κ1) is 17.9. The van der Waals surface area contributed by atoms with Crippen molar-refractivity contribution < 1.29 is 18.3 Å². The predicted octanol–water partition coefficient (Wildman–Crippen LogP) is 0.458. The highest BCUT2D eigenvalue weighted by Gasteiger charge is 2.20. The molecule has 1 aromatic rings. The van der Waals surface area contributed by atoms with Gasteiger partial charge in [0.25, 0.3) is 0 Å². The fourth-order valence-corrected chi connectivity index (χ4v) is 3.12. The summed E-state index contributed by atoms with van der Waals surface area (Å²) in [5, 5.41) is 9.10. The summed E-state index contributed by atoms with van der Waals surface area (Å²) in [4.78, 5) is 2.12. The van der Waals surface area contributed by atoms with E-state index in [-0.39, 0.29) is 24.0 Å². The monoisotopic (exact) mass is 316 g/mol. The predicted molar refractivity (Wildman–Crippen MR) is 82.1 cm³/mol. The number of nitrogens with zero attached hydrogens (tertiary/aromatic N) is 1. The molecular formula is C14H24N2O4S. The number of ether oxygens (including phenoxy) is 1. The molecule has 6 nitrogen and oxygen atoms in total. The quantitative estimate of drug-likeness (QED) is 0.728. The number of rotatable bonds is 8. The zero-order valence-electron chi connectivity index (χ0n) is 13.0. The Hall–Kier alpha value is -1.15. The Morgan fingerprint density at radius 3 is 2.57 bits per heavy atom. The number of likely N-dealkylation sites (N-methyl/N-ethyl adjacent to an activating group) is 1. The maximum atomic E-state index is 12.4. The fourth-order valence-electron chi connectivity index (χ4n) is 1.75. The smallest absolute Gasteiger partial charge is 0.240 e. The third-order valence-electron chi connectivity index (χ3n) is 3.39. The van der Waals surface area contributed by atoms with Gasteiger partial charge in [0.15, 0.2) is 0 Å². The zero-order valence-corrected chi connectivity index (χ0v) is 13.8. The van der Waals surface area contributed by atoms with E-state index in [1.807, 2.05) is 25.9 Å². The number of hydrogen-bond acceptors (Lipinski definition) is 5. The van der Waals surface area contributed by atoms with Crippen molar-refractivity contribution in [2.24, 2.45) is 0 Å². The van der Waals surface area contributed by atoms with Crippen LogP contribution in [0.4, 0.5) is 0 Å². The van der Waals surface area contributed by atoms with E-state index in [0.29, 0.717) is 17.9 Å². The van der Waals surface area contributed by atoms with Crippen LogP contribution in [0.1, 0.15) is 12.5 Å². The van der Waals surface area contributed by atoms with Crippen LogP contribution in [0.25, 0.3) is 0 Å².